The third-order valence-corrected chi connectivity index (χ3v) is 2.70. The van der Waals surface area contributed by atoms with E-state index in [0.717, 1.165) is 0 Å². The minimum Gasteiger partial charge on any atom is -0.477 e. The largest absolute Gasteiger partial charge is 0.477 e. The van der Waals surface area contributed by atoms with Gasteiger partial charge in [-0.2, -0.15) is 0 Å². The van der Waals surface area contributed by atoms with Crippen LogP contribution < -0.4 is 10.6 Å². The van der Waals surface area contributed by atoms with Crippen molar-refractivity contribution in [2.75, 3.05) is 24.7 Å². The number of pyridine rings is 1. The summed E-state index contributed by atoms with van der Waals surface area (Å²) in [5.74, 6) is -1.21. The van der Waals surface area contributed by atoms with Gasteiger partial charge in [0.25, 0.3) is 0 Å². The van der Waals surface area contributed by atoms with Gasteiger partial charge in [0.1, 0.15) is 11.9 Å². The van der Waals surface area contributed by atoms with Gasteiger partial charge in [0.05, 0.1) is 13.2 Å². The summed E-state index contributed by atoms with van der Waals surface area (Å²) in [6.45, 7) is 1.08. The number of carboxylic acid groups (broad SMARTS) is 1. The molecular formula is C11H13N3O4. The van der Waals surface area contributed by atoms with Crippen LogP contribution in [-0.4, -0.2) is 47.8 Å². The van der Waals surface area contributed by atoms with E-state index < -0.39 is 17.9 Å². The fraction of sp³-hybridized carbons (Fsp3) is 0.364. The minimum atomic E-state index is -1.11. The molecule has 1 aliphatic heterocycles. The van der Waals surface area contributed by atoms with E-state index in [1.165, 1.54) is 6.07 Å². The average Bonchev–Trinajstić information content (AvgIpc) is 2.39. The first-order valence-corrected chi connectivity index (χ1v) is 5.43. The van der Waals surface area contributed by atoms with Crippen molar-refractivity contribution in [2.24, 2.45) is 5.73 Å². The fourth-order valence-corrected chi connectivity index (χ4v) is 1.82. The van der Waals surface area contributed by atoms with Crippen molar-refractivity contribution in [3.63, 3.8) is 0 Å². The monoisotopic (exact) mass is 251 g/mol. The zero-order valence-corrected chi connectivity index (χ0v) is 9.57. The number of carboxylic acids is 1. The summed E-state index contributed by atoms with van der Waals surface area (Å²) < 4.78 is 5.19. The first-order chi connectivity index (χ1) is 8.59. The number of hydrogen-bond acceptors (Lipinski definition) is 5. The number of morpholine rings is 1. The van der Waals surface area contributed by atoms with Crippen LogP contribution in [0.25, 0.3) is 0 Å². The van der Waals surface area contributed by atoms with Crippen molar-refractivity contribution in [1.82, 2.24) is 4.98 Å². The van der Waals surface area contributed by atoms with Crippen molar-refractivity contribution in [2.45, 2.75) is 6.04 Å². The van der Waals surface area contributed by atoms with Gasteiger partial charge in [-0.3, -0.25) is 4.79 Å². The van der Waals surface area contributed by atoms with E-state index in [1.54, 1.807) is 17.0 Å². The lowest BCUT2D eigenvalue weighted by atomic mass is 10.2. The normalized spacial score (nSPS) is 19.6. The number of anilines is 1. The highest BCUT2D eigenvalue weighted by atomic mass is 16.5. The standard InChI is InChI=1S/C11H13N3O4/c12-10(15)8-6-18-5-4-14(8)9-3-1-2-7(13-9)11(16)17/h1-3,8H,4-6H2,(H2,12,15)(H,16,17). The lowest BCUT2D eigenvalue weighted by Gasteiger charge is -2.34. The van der Waals surface area contributed by atoms with Crippen LogP contribution in [0.2, 0.25) is 0 Å². The Balaban J connectivity index is 2.30. The Kier molecular flexibility index (Phi) is 3.42. The SMILES string of the molecule is NC(=O)C1COCCN1c1cccc(C(=O)O)n1. The van der Waals surface area contributed by atoms with E-state index in [-0.39, 0.29) is 12.3 Å². The van der Waals surface area contributed by atoms with Crippen molar-refractivity contribution in [3.05, 3.63) is 23.9 Å². The first kappa shape index (κ1) is 12.3. The van der Waals surface area contributed by atoms with Gasteiger partial charge in [0, 0.05) is 6.54 Å². The molecule has 7 nitrogen and oxygen atoms in total. The van der Waals surface area contributed by atoms with Crippen LogP contribution in [0, 0.1) is 0 Å². The van der Waals surface area contributed by atoms with Crippen molar-refractivity contribution in [1.29, 1.82) is 0 Å². The minimum absolute atomic E-state index is 0.0674. The maximum absolute atomic E-state index is 11.3. The van der Waals surface area contributed by atoms with Gasteiger partial charge < -0.3 is 20.5 Å². The molecule has 1 saturated heterocycles. The molecule has 1 fully saturated rings. The molecule has 0 bridgehead atoms. The molecule has 0 spiro atoms. The van der Waals surface area contributed by atoms with Gasteiger partial charge in [0.15, 0.2) is 5.69 Å². The highest BCUT2D eigenvalue weighted by Gasteiger charge is 2.28. The van der Waals surface area contributed by atoms with Crippen LogP contribution in [0.4, 0.5) is 5.82 Å². The van der Waals surface area contributed by atoms with Crippen LogP contribution in [0.5, 0.6) is 0 Å². The van der Waals surface area contributed by atoms with Gasteiger partial charge in [-0.1, -0.05) is 6.07 Å². The third kappa shape index (κ3) is 2.40. The molecule has 1 atom stereocenters. The first-order valence-electron chi connectivity index (χ1n) is 5.43. The van der Waals surface area contributed by atoms with Crippen LogP contribution in [0.15, 0.2) is 18.2 Å². The van der Waals surface area contributed by atoms with Crippen LogP contribution in [0.3, 0.4) is 0 Å². The quantitative estimate of drug-likeness (QED) is 0.748. The van der Waals surface area contributed by atoms with E-state index in [9.17, 15) is 9.59 Å². The number of nitrogens with zero attached hydrogens (tertiary/aromatic N) is 2. The molecule has 1 aromatic heterocycles. The Hall–Kier alpha value is -2.15. The summed E-state index contributed by atoms with van der Waals surface area (Å²) in [6, 6.07) is 4.01. The molecule has 96 valence electrons. The lowest BCUT2D eigenvalue weighted by molar-refractivity contribution is -0.121. The molecule has 7 heteroatoms. The van der Waals surface area contributed by atoms with E-state index in [4.69, 9.17) is 15.6 Å². The number of aromatic carboxylic acids is 1. The number of nitrogens with two attached hydrogens (primary N) is 1. The van der Waals surface area contributed by atoms with E-state index >= 15 is 0 Å². The zero-order valence-electron chi connectivity index (χ0n) is 9.57. The summed E-state index contributed by atoms with van der Waals surface area (Å²) in [7, 11) is 0. The fourth-order valence-electron chi connectivity index (χ4n) is 1.82. The van der Waals surface area contributed by atoms with E-state index in [0.29, 0.717) is 19.0 Å². The second-order valence-electron chi connectivity index (χ2n) is 3.87. The number of hydrogen-bond donors (Lipinski definition) is 2. The molecule has 0 aliphatic carbocycles. The smallest absolute Gasteiger partial charge is 0.354 e. The molecule has 18 heavy (non-hydrogen) atoms. The van der Waals surface area contributed by atoms with Crippen molar-refractivity contribution < 1.29 is 19.4 Å². The van der Waals surface area contributed by atoms with Crippen molar-refractivity contribution in [3.8, 4) is 0 Å². The number of primary amides is 1. The second kappa shape index (κ2) is 5.01. The maximum Gasteiger partial charge on any atom is 0.354 e. The van der Waals surface area contributed by atoms with Gasteiger partial charge in [-0.05, 0) is 12.1 Å². The Morgan fingerprint density at radius 3 is 2.94 bits per heavy atom. The molecular weight excluding hydrogens is 238 g/mol. The number of rotatable bonds is 3. The van der Waals surface area contributed by atoms with Crippen LogP contribution in [0.1, 0.15) is 10.5 Å². The molecule has 1 unspecified atom stereocenters. The molecule has 1 aromatic rings. The predicted molar refractivity (Wildman–Crippen MR) is 62.3 cm³/mol. The predicted octanol–water partition coefficient (Wildman–Crippen LogP) is -0.530. The van der Waals surface area contributed by atoms with Gasteiger partial charge in [-0.15, -0.1) is 0 Å². The Bertz CT molecular complexity index is 477. The van der Waals surface area contributed by atoms with Crippen LogP contribution >= 0.6 is 0 Å². The number of carbonyl (C=O) groups is 2. The summed E-state index contributed by atoms with van der Waals surface area (Å²) in [5.41, 5.74) is 5.22. The topological polar surface area (TPSA) is 106 Å². The highest BCUT2D eigenvalue weighted by Crippen LogP contribution is 2.17. The Morgan fingerprint density at radius 2 is 2.28 bits per heavy atom. The second-order valence-corrected chi connectivity index (χ2v) is 3.87. The molecule has 1 amide bonds. The van der Waals surface area contributed by atoms with E-state index in [1.807, 2.05) is 0 Å². The van der Waals surface area contributed by atoms with Crippen LogP contribution in [-0.2, 0) is 9.53 Å². The van der Waals surface area contributed by atoms with Gasteiger partial charge in [-0.25, -0.2) is 9.78 Å². The molecule has 1 aliphatic rings. The summed E-state index contributed by atoms with van der Waals surface area (Å²) in [6.07, 6.45) is 0. The highest BCUT2D eigenvalue weighted by molar-refractivity contribution is 5.86. The summed E-state index contributed by atoms with van der Waals surface area (Å²) >= 11 is 0. The van der Waals surface area contributed by atoms with Crippen molar-refractivity contribution >= 4 is 17.7 Å². The van der Waals surface area contributed by atoms with Gasteiger partial charge in [0.2, 0.25) is 5.91 Å². The molecule has 0 radical (unpaired) electrons. The third-order valence-electron chi connectivity index (χ3n) is 2.70. The molecule has 2 heterocycles. The molecule has 2 rings (SSSR count). The number of ether oxygens (including phenoxy) is 1. The Morgan fingerprint density at radius 1 is 1.50 bits per heavy atom. The number of aromatic nitrogens is 1. The average molecular weight is 251 g/mol. The van der Waals surface area contributed by atoms with Gasteiger partial charge >= 0.3 is 5.97 Å². The Labute approximate surface area is 103 Å². The molecule has 0 aromatic carbocycles. The zero-order chi connectivity index (χ0) is 13.1. The lowest BCUT2D eigenvalue weighted by Crippen LogP contribution is -2.53. The van der Waals surface area contributed by atoms with E-state index in [2.05, 4.69) is 4.98 Å². The molecule has 0 saturated carbocycles. The number of amides is 1. The maximum atomic E-state index is 11.3. The summed E-state index contributed by atoms with van der Waals surface area (Å²) in [5, 5.41) is 8.89. The summed E-state index contributed by atoms with van der Waals surface area (Å²) in [4.78, 5) is 27.8. The molecule has 3 N–H and O–H groups in total. The number of carbonyl (C=O) groups excluding carboxylic acids is 1.